The fourth-order valence-corrected chi connectivity index (χ4v) is 2.58. The second-order valence-corrected chi connectivity index (χ2v) is 5.28. The third-order valence-electron chi connectivity index (χ3n) is 2.79. The number of tetrazole rings is 1. The lowest BCUT2D eigenvalue weighted by Gasteiger charge is -2.07. The molecule has 0 atom stereocenters. The van der Waals surface area contributed by atoms with Gasteiger partial charge in [-0.05, 0) is 48.9 Å². The molecule has 2 aromatic heterocycles. The smallest absolute Gasteiger partial charge is 0.215 e. The highest BCUT2D eigenvalue weighted by atomic mass is 32.2. The molecule has 3 rings (SSSR count). The Hall–Kier alpha value is -1.70. The molecule has 8 heteroatoms. The normalized spacial score (nSPS) is 15.0. The molecule has 94 valence electrons. The zero-order valence-corrected chi connectivity index (χ0v) is 11.0. The van der Waals surface area contributed by atoms with Crippen molar-refractivity contribution in [3.05, 3.63) is 11.4 Å². The molecule has 1 fully saturated rings. The Morgan fingerprint density at radius 3 is 2.78 bits per heavy atom. The van der Waals surface area contributed by atoms with Crippen molar-refractivity contribution >= 4 is 17.6 Å². The summed E-state index contributed by atoms with van der Waals surface area (Å²) in [7, 11) is 0. The van der Waals surface area contributed by atoms with Gasteiger partial charge in [0.1, 0.15) is 16.7 Å². The zero-order chi connectivity index (χ0) is 12.7. The largest absolute Gasteiger partial charge is 0.383 e. The van der Waals surface area contributed by atoms with Crippen LogP contribution in [0.3, 0.4) is 0 Å². The van der Waals surface area contributed by atoms with Crippen LogP contribution in [-0.4, -0.2) is 30.2 Å². The molecule has 0 saturated heterocycles. The topological polar surface area (TPSA) is 95.4 Å². The summed E-state index contributed by atoms with van der Waals surface area (Å²) in [5.41, 5.74) is 6.71. The van der Waals surface area contributed by atoms with E-state index in [2.05, 4.69) is 25.5 Å². The van der Waals surface area contributed by atoms with Gasteiger partial charge < -0.3 is 5.73 Å². The number of nitrogens with zero attached hydrogens (tertiary/aromatic N) is 6. The second kappa shape index (κ2) is 4.20. The van der Waals surface area contributed by atoms with Gasteiger partial charge in [-0.25, -0.2) is 14.6 Å². The van der Waals surface area contributed by atoms with Gasteiger partial charge in [-0.15, -0.1) is 5.10 Å². The number of nitrogens with two attached hydrogens (primary N) is 1. The Kier molecular flexibility index (Phi) is 2.66. The Morgan fingerprint density at radius 2 is 2.06 bits per heavy atom. The van der Waals surface area contributed by atoms with Gasteiger partial charge in [0.2, 0.25) is 5.16 Å². The van der Waals surface area contributed by atoms with E-state index >= 15 is 0 Å². The first-order valence-corrected chi connectivity index (χ1v) is 6.53. The summed E-state index contributed by atoms with van der Waals surface area (Å²) in [6.45, 7) is 3.73. The Labute approximate surface area is 108 Å². The predicted octanol–water partition coefficient (Wildman–Crippen LogP) is 1.15. The molecule has 7 nitrogen and oxygen atoms in total. The van der Waals surface area contributed by atoms with Crippen LogP contribution in [0.15, 0.2) is 10.2 Å². The molecule has 2 aromatic rings. The van der Waals surface area contributed by atoms with Gasteiger partial charge in [0.05, 0.1) is 6.04 Å². The molecular weight excluding hydrogens is 250 g/mol. The molecule has 1 aliphatic carbocycles. The maximum Gasteiger partial charge on any atom is 0.215 e. The Balaban J connectivity index is 1.94. The maximum absolute atomic E-state index is 5.84. The lowest BCUT2D eigenvalue weighted by Crippen LogP contribution is -2.03. The lowest BCUT2D eigenvalue weighted by molar-refractivity contribution is 0.565. The highest BCUT2D eigenvalue weighted by Gasteiger charge is 2.28. The van der Waals surface area contributed by atoms with Crippen LogP contribution in [-0.2, 0) is 0 Å². The molecular formula is C10H13N7S. The highest BCUT2D eigenvalue weighted by Crippen LogP contribution is 2.38. The van der Waals surface area contributed by atoms with E-state index in [0.717, 1.165) is 28.6 Å². The zero-order valence-electron chi connectivity index (χ0n) is 10.2. The first-order valence-electron chi connectivity index (χ1n) is 5.71. The van der Waals surface area contributed by atoms with Gasteiger partial charge in [-0.2, -0.15) is 0 Å². The lowest BCUT2D eigenvalue weighted by atomic mass is 10.3. The minimum absolute atomic E-state index is 0.447. The summed E-state index contributed by atoms with van der Waals surface area (Å²) in [5, 5.41) is 13.3. The SMILES string of the molecule is Cc1nc(N)c(C)c(Sc2nnnn2C2CC2)n1. The van der Waals surface area contributed by atoms with E-state index in [1.165, 1.54) is 11.8 Å². The number of aromatic nitrogens is 6. The molecule has 0 spiro atoms. The summed E-state index contributed by atoms with van der Waals surface area (Å²) in [4.78, 5) is 8.52. The molecule has 2 heterocycles. The average Bonchev–Trinajstić information content (AvgIpc) is 3.07. The molecule has 2 N–H and O–H groups in total. The maximum atomic E-state index is 5.84. The van der Waals surface area contributed by atoms with Crippen molar-refractivity contribution in [1.29, 1.82) is 0 Å². The molecule has 0 radical (unpaired) electrons. The number of anilines is 1. The number of hydrogen-bond donors (Lipinski definition) is 1. The van der Waals surface area contributed by atoms with Crippen LogP contribution in [0.5, 0.6) is 0 Å². The van der Waals surface area contributed by atoms with Crippen LogP contribution in [0.4, 0.5) is 5.82 Å². The molecule has 1 saturated carbocycles. The predicted molar refractivity (Wildman–Crippen MR) is 66.1 cm³/mol. The minimum Gasteiger partial charge on any atom is -0.383 e. The van der Waals surface area contributed by atoms with Crippen LogP contribution in [0, 0.1) is 13.8 Å². The van der Waals surface area contributed by atoms with Crippen molar-refractivity contribution in [2.75, 3.05) is 5.73 Å². The Bertz CT molecular complexity index is 590. The molecule has 0 unspecified atom stereocenters. The standard InChI is InChI=1S/C10H13N7S/c1-5-8(11)12-6(2)13-9(5)18-10-14-15-16-17(10)7-3-4-7/h7H,3-4H2,1-2H3,(H2,11,12,13). The number of nitrogen functional groups attached to an aromatic ring is 1. The summed E-state index contributed by atoms with van der Waals surface area (Å²) < 4.78 is 1.86. The Morgan fingerprint density at radius 1 is 1.28 bits per heavy atom. The number of rotatable bonds is 3. The van der Waals surface area contributed by atoms with Gasteiger partial charge in [-0.1, -0.05) is 0 Å². The van der Waals surface area contributed by atoms with Crippen molar-refractivity contribution in [3.63, 3.8) is 0 Å². The van der Waals surface area contributed by atoms with Gasteiger partial charge in [-0.3, -0.25) is 0 Å². The van der Waals surface area contributed by atoms with Crippen molar-refractivity contribution in [2.45, 2.75) is 42.9 Å². The van der Waals surface area contributed by atoms with E-state index in [-0.39, 0.29) is 0 Å². The molecule has 0 bridgehead atoms. The first kappa shape index (κ1) is 11.4. The van der Waals surface area contributed by atoms with E-state index in [4.69, 9.17) is 5.73 Å². The fourth-order valence-electron chi connectivity index (χ4n) is 1.61. The van der Waals surface area contributed by atoms with Crippen LogP contribution in [0.25, 0.3) is 0 Å². The van der Waals surface area contributed by atoms with Gasteiger partial charge in [0.15, 0.2) is 0 Å². The van der Waals surface area contributed by atoms with Gasteiger partial charge in [0.25, 0.3) is 0 Å². The summed E-state index contributed by atoms with van der Waals surface area (Å²) >= 11 is 1.44. The number of hydrogen-bond acceptors (Lipinski definition) is 7. The minimum atomic E-state index is 0.447. The quantitative estimate of drug-likeness (QED) is 0.830. The second-order valence-electron chi connectivity index (χ2n) is 4.33. The third-order valence-corrected chi connectivity index (χ3v) is 3.84. The van der Waals surface area contributed by atoms with E-state index in [9.17, 15) is 0 Å². The van der Waals surface area contributed by atoms with Crippen LogP contribution in [0.1, 0.15) is 30.3 Å². The van der Waals surface area contributed by atoms with E-state index < -0.39 is 0 Å². The summed E-state index contributed by atoms with van der Waals surface area (Å²) in [5.74, 6) is 1.17. The molecule has 18 heavy (non-hydrogen) atoms. The first-order chi connectivity index (χ1) is 8.65. The van der Waals surface area contributed by atoms with Crippen LogP contribution in [0.2, 0.25) is 0 Å². The van der Waals surface area contributed by atoms with E-state index in [1.807, 2.05) is 18.5 Å². The average molecular weight is 263 g/mol. The van der Waals surface area contributed by atoms with Gasteiger partial charge in [0, 0.05) is 5.56 Å². The number of aryl methyl sites for hydroxylation is 1. The van der Waals surface area contributed by atoms with Gasteiger partial charge >= 0.3 is 0 Å². The summed E-state index contributed by atoms with van der Waals surface area (Å²) in [6.07, 6.45) is 2.28. The van der Waals surface area contributed by atoms with Crippen molar-refractivity contribution in [3.8, 4) is 0 Å². The van der Waals surface area contributed by atoms with Crippen LogP contribution < -0.4 is 5.73 Å². The molecule has 0 aromatic carbocycles. The van der Waals surface area contributed by atoms with E-state index in [1.54, 1.807) is 0 Å². The molecule has 1 aliphatic rings. The van der Waals surface area contributed by atoms with Crippen LogP contribution >= 0.6 is 11.8 Å². The molecule has 0 aliphatic heterocycles. The van der Waals surface area contributed by atoms with E-state index in [0.29, 0.717) is 17.7 Å². The fraction of sp³-hybridized carbons (Fsp3) is 0.500. The summed E-state index contributed by atoms with van der Waals surface area (Å²) in [6, 6.07) is 0.447. The monoisotopic (exact) mass is 263 g/mol. The van der Waals surface area contributed by atoms with Crippen molar-refractivity contribution in [1.82, 2.24) is 30.2 Å². The molecule has 0 amide bonds. The van der Waals surface area contributed by atoms with Crippen molar-refractivity contribution < 1.29 is 0 Å². The van der Waals surface area contributed by atoms with Crippen molar-refractivity contribution in [2.24, 2.45) is 0 Å². The highest BCUT2D eigenvalue weighted by molar-refractivity contribution is 7.99. The third kappa shape index (κ3) is 2.03.